The fourth-order valence-corrected chi connectivity index (χ4v) is 1.85. The molecule has 1 rings (SSSR count). The average Bonchev–Trinajstić information content (AvgIpc) is 2.40. The van der Waals surface area contributed by atoms with Gasteiger partial charge >= 0.3 is 5.97 Å². The van der Waals surface area contributed by atoms with Crippen LogP contribution >= 0.6 is 0 Å². The zero-order chi connectivity index (χ0) is 15.0. The number of carboxylic acid groups (broad SMARTS) is 1. The summed E-state index contributed by atoms with van der Waals surface area (Å²) in [6, 6.07) is 6.40. The van der Waals surface area contributed by atoms with Crippen LogP contribution in [0.1, 0.15) is 32.3 Å². The molecular weight excluding hydrogens is 258 g/mol. The minimum Gasteiger partial charge on any atom is -0.494 e. The van der Waals surface area contributed by atoms with E-state index in [-0.39, 0.29) is 12.3 Å². The minimum atomic E-state index is -0.994. The van der Waals surface area contributed by atoms with Crippen molar-refractivity contribution in [1.29, 1.82) is 0 Å². The number of ether oxygens (including phenoxy) is 1. The predicted molar refractivity (Wildman–Crippen MR) is 75.8 cm³/mol. The summed E-state index contributed by atoms with van der Waals surface area (Å²) in [5.74, 6) is -0.520. The highest BCUT2D eigenvalue weighted by molar-refractivity contribution is 5.84. The van der Waals surface area contributed by atoms with Gasteiger partial charge in [0.05, 0.1) is 13.0 Å². The van der Waals surface area contributed by atoms with Crippen LogP contribution in [0.5, 0.6) is 5.75 Å². The van der Waals surface area contributed by atoms with Gasteiger partial charge in [0.25, 0.3) is 0 Å². The van der Waals surface area contributed by atoms with Gasteiger partial charge in [-0.2, -0.15) is 0 Å². The number of amides is 1. The second kappa shape index (κ2) is 8.19. The van der Waals surface area contributed by atoms with E-state index in [9.17, 15) is 9.59 Å². The van der Waals surface area contributed by atoms with Gasteiger partial charge in [0, 0.05) is 0 Å². The lowest BCUT2D eigenvalue weighted by Gasteiger charge is -2.13. The quantitative estimate of drug-likeness (QED) is 0.763. The van der Waals surface area contributed by atoms with E-state index in [2.05, 4.69) is 5.32 Å². The molecule has 0 heterocycles. The Morgan fingerprint density at radius 2 is 1.90 bits per heavy atom. The molecular formula is C15H21NO4. The van der Waals surface area contributed by atoms with Crippen LogP contribution in [0.4, 0.5) is 0 Å². The van der Waals surface area contributed by atoms with E-state index in [0.717, 1.165) is 11.3 Å². The standard InChI is InChI=1S/C15H21NO4/c1-3-5-13(15(18)19)16-14(17)10-11-6-8-12(9-7-11)20-4-2/h6-9,13H,3-5,10H2,1-2H3,(H,16,17)(H,18,19)/t13-/m0/s1. The van der Waals surface area contributed by atoms with E-state index in [1.807, 2.05) is 13.8 Å². The normalized spacial score (nSPS) is 11.7. The molecule has 0 fully saturated rings. The number of aliphatic carboxylic acids is 1. The molecule has 0 saturated heterocycles. The zero-order valence-corrected chi connectivity index (χ0v) is 11.9. The average molecular weight is 279 g/mol. The summed E-state index contributed by atoms with van der Waals surface area (Å²) < 4.78 is 5.32. The number of hydrogen-bond donors (Lipinski definition) is 2. The van der Waals surface area contributed by atoms with Crippen molar-refractivity contribution in [3.63, 3.8) is 0 Å². The molecule has 0 aromatic heterocycles. The van der Waals surface area contributed by atoms with Gasteiger partial charge in [-0.25, -0.2) is 4.79 Å². The van der Waals surface area contributed by atoms with E-state index in [1.165, 1.54) is 0 Å². The fourth-order valence-electron chi connectivity index (χ4n) is 1.85. The van der Waals surface area contributed by atoms with Crippen LogP contribution < -0.4 is 10.1 Å². The Morgan fingerprint density at radius 1 is 1.25 bits per heavy atom. The molecule has 1 aromatic carbocycles. The van der Waals surface area contributed by atoms with Crippen molar-refractivity contribution in [3.8, 4) is 5.75 Å². The summed E-state index contributed by atoms with van der Waals surface area (Å²) in [6.07, 6.45) is 1.31. The third-order valence-corrected chi connectivity index (χ3v) is 2.81. The lowest BCUT2D eigenvalue weighted by molar-refractivity contribution is -0.141. The molecule has 0 saturated carbocycles. The second-order valence-corrected chi connectivity index (χ2v) is 4.50. The topological polar surface area (TPSA) is 75.6 Å². The molecule has 1 amide bonds. The van der Waals surface area contributed by atoms with Crippen LogP contribution in [-0.2, 0) is 16.0 Å². The molecule has 0 aliphatic rings. The van der Waals surface area contributed by atoms with Gasteiger partial charge in [0.15, 0.2) is 0 Å². The molecule has 110 valence electrons. The first-order valence-electron chi connectivity index (χ1n) is 6.80. The Balaban J connectivity index is 2.54. The lowest BCUT2D eigenvalue weighted by atomic mass is 10.1. The molecule has 20 heavy (non-hydrogen) atoms. The Kier molecular flexibility index (Phi) is 6.56. The maximum Gasteiger partial charge on any atom is 0.326 e. The number of benzene rings is 1. The summed E-state index contributed by atoms with van der Waals surface area (Å²) in [7, 11) is 0. The van der Waals surface area contributed by atoms with Crippen LogP contribution in [0.3, 0.4) is 0 Å². The minimum absolute atomic E-state index is 0.167. The Hall–Kier alpha value is -2.04. The first kappa shape index (κ1) is 16.0. The van der Waals surface area contributed by atoms with Crippen molar-refractivity contribution < 1.29 is 19.4 Å². The summed E-state index contributed by atoms with van der Waals surface area (Å²) in [4.78, 5) is 22.8. The maximum absolute atomic E-state index is 11.8. The zero-order valence-electron chi connectivity index (χ0n) is 11.9. The summed E-state index contributed by atoms with van der Waals surface area (Å²) in [6.45, 7) is 4.38. The van der Waals surface area contributed by atoms with Crippen molar-refractivity contribution in [2.45, 2.75) is 39.2 Å². The monoisotopic (exact) mass is 279 g/mol. The van der Waals surface area contributed by atoms with Crippen LogP contribution in [0.2, 0.25) is 0 Å². The number of hydrogen-bond acceptors (Lipinski definition) is 3. The second-order valence-electron chi connectivity index (χ2n) is 4.50. The molecule has 5 heteroatoms. The molecule has 0 aliphatic carbocycles. The smallest absolute Gasteiger partial charge is 0.326 e. The van der Waals surface area contributed by atoms with Gasteiger partial charge < -0.3 is 15.2 Å². The lowest BCUT2D eigenvalue weighted by Crippen LogP contribution is -2.41. The number of nitrogens with one attached hydrogen (secondary N) is 1. The van der Waals surface area contributed by atoms with Crippen LogP contribution in [0.25, 0.3) is 0 Å². The van der Waals surface area contributed by atoms with E-state index in [1.54, 1.807) is 24.3 Å². The van der Waals surface area contributed by atoms with Crippen LogP contribution in [0.15, 0.2) is 24.3 Å². The van der Waals surface area contributed by atoms with Crippen molar-refractivity contribution in [2.75, 3.05) is 6.61 Å². The third kappa shape index (κ3) is 5.30. The van der Waals surface area contributed by atoms with Crippen molar-refractivity contribution in [2.24, 2.45) is 0 Å². The van der Waals surface area contributed by atoms with Crippen LogP contribution in [0, 0.1) is 0 Å². The Bertz CT molecular complexity index is 442. The summed E-state index contributed by atoms with van der Waals surface area (Å²) in [5, 5.41) is 11.5. The first-order valence-corrected chi connectivity index (χ1v) is 6.80. The molecule has 2 N–H and O–H groups in total. The third-order valence-electron chi connectivity index (χ3n) is 2.81. The van der Waals surface area contributed by atoms with Gasteiger partial charge in [0.1, 0.15) is 11.8 Å². The van der Waals surface area contributed by atoms with Crippen molar-refractivity contribution in [3.05, 3.63) is 29.8 Å². The largest absolute Gasteiger partial charge is 0.494 e. The molecule has 0 unspecified atom stereocenters. The molecule has 0 spiro atoms. The number of carbonyl (C=O) groups is 2. The van der Waals surface area contributed by atoms with E-state index < -0.39 is 12.0 Å². The SMILES string of the molecule is CCC[C@H](NC(=O)Cc1ccc(OCC)cc1)C(=O)O. The summed E-state index contributed by atoms with van der Waals surface area (Å²) in [5.41, 5.74) is 0.826. The van der Waals surface area contributed by atoms with Gasteiger partial charge in [-0.1, -0.05) is 25.5 Å². The van der Waals surface area contributed by atoms with Gasteiger partial charge in [0.2, 0.25) is 5.91 Å². The number of rotatable bonds is 8. The Labute approximate surface area is 118 Å². The van der Waals surface area contributed by atoms with E-state index in [4.69, 9.17) is 9.84 Å². The highest BCUT2D eigenvalue weighted by atomic mass is 16.5. The van der Waals surface area contributed by atoms with Gasteiger partial charge in [-0.05, 0) is 31.0 Å². The highest BCUT2D eigenvalue weighted by Gasteiger charge is 2.18. The molecule has 1 aromatic rings. The fraction of sp³-hybridized carbons (Fsp3) is 0.467. The van der Waals surface area contributed by atoms with Gasteiger partial charge in [-0.3, -0.25) is 4.79 Å². The molecule has 1 atom stereocenters. The van der Waals surface area contributed by atoms with Gasteiger partial charge in [-0.15, -0.1) is 0 Å². The van der Waals surface area contributed by atoms with E-state index >= 15 is 0 Å². The maximum atomic E-state index is 11.8. The molecule has 5 nitrogen and oxygen atoms in total. The summed E-state index contributed by atoms with van der Waals surface area (Å²) >= 11 is 0. The van der Waals surface area contributed by atoms with Crippen molar-refractivity contribution >= 4 is 11.9 Å². The van der Waals surface area contributed by atoms with E-state index in [0.29, 0.717) is 19.4 Å². The molecule has 0 bridgehead atoms. The Morgan fingerprint density at radius 3 is 2.40 bits per heavy atom. The van der Waals surface area contributed by atoms with Crippen molar-refractivity contribution in [1.82, 2.24) is 5.32 Å². The number of carbonyl (C=O) groups excluding carboxylic acids is 1. The highest BCUT2D eigenvalue weighted by Crippen LogP contribution is 2.12. The molecule has 0 aliphatic heterocycles. The number of carboxylic acids is 1. The molecule has 0 radical (unpaired) electrons. The first-order chi connectivity index (χ1) is 9.56. The predicted octanol–water partition coefficient (Wildman–Crippen LogP) is 2.00. The van der Waals surface area contributed by atoms with Crippen LogP contribution in [-0.4, -0.2) is 29.6 Å².